The van der Waals surface area contributed by atoms with Crippen LogP contribution in [0, 0.1) is 0 Å². The first-order valence-electron chi connectivity index (χ1n) is 5.54. The second-order valence-corrected chi connectivity index (χ2v) is 5.79. The highest BCUT2D eigenvalue weighted by molar-refractivity contribution is 6.42. The molecular weight excluding hydrogens is 326 g/mol. The van der Waals surface area contributed by atoms with Crippen molar-refractivity contribution in [1.29, 1.82) is 0 Å². The zero-order valence-corrected chi connectivity index (χ0v) is 12.7. The molecule has 2 rings (SSSR count). The predicted molar refractivity (Wildman–Crippen MR) is 81.6 cm³/mol. The highest BCUT2D eigenvalue weighted by Gasteiger charge is 2.13. The molecule has 2 aromatic carbocycles. The fourth-order valence-corrected chi connectivity index (χ4v) is 2.74. The summed E-state index contributed by atoms with van der Waals surface area (Å²) in [5.41, 5.74) is 1.42. The standard InChI is InChI=1S/C14H10Cl4O/c15-10-4-9(5-11(16)7-10)13(19)6-8-2-1-3-12(17)14(8)18/h1-5,7,13,19H,6H2. The summed E-state index contributed by atoms with van der Waals surface area (Å²) in [5.74, 6) is 0. The molecule has 1 N–H and O–H groups in total. The van der Waals surface area contributed by atoms with Crippen LogP contribution in [-0.2, 0) is 6.42 Å². The molecule has 0 spiro atoms. The first kappa shape index (κ1) is 15.0. The van der Waals surface area contributed by atoms with E-state index in [2.05, 4.69) is 0 Å². The molecule has 0 saturated heterocycles. The predicted octanol–water partition coefficient (Wildman–Crippen LogP) is 5.58. The number of hydrogen-bond acceptors (Lipinski definition) is 1. The number of halogens is 4. The molecule has 0 aliphatic heterocycles. The average molecular weight is 336 g/mol. The monoisotopic (exact) mass is 334 g/mol. The van der Waals surface area contributed by atoms with Crippen molar-refractivity contribution >= 4 is 46.4 Å². The van der Waals surface area contributed by atoms with Crippen LogP contribution in [0.2, 0.25) is 20.1 Å². The van der Waals surface area contributed by atoms with Crippen LogP contribution in [-0.4, -0.2) is 5.11 Å². The molecule has 1 nitrogen and oxygen atoms in total. The van der Waals surface area contributed by atoms with Crippen LogP contribution in [0.1, 0.15) is 17.2 Å². The topological polar surface area (TPSA) is 20.2 Å². The van der Waals surface area contributed by atoms with Gasteiger partial charge in [0, 0.05) is 16.5 Å². The lowest BCUT2D eigenvalue weighted by Gasteiger charge is -2.13. The van der Waals surface area contributed by atoms with Gasteiger partial charge in [-0.1, -0.05) is 58.5 Å². The van der Waals surface area contributed by atoms with E-state index < -0.39 is 6.10 Å². The van der Waals surface area contributed by atoms with Crippen molar-refractivity contribution in [3.05, 3.63) is 67.6 Å². The minimum absolute atomic E-state index is 0.343. The van der Waals surface area contributed by atoms with E-state index in [0.29, 0.717) is 32.1 Å². The summed E-state index contributed by atoms with van der Waals surface area (Å²) in [4.78, 5) is 0. The molecule has 0 fully saturated rings. The van der Waals surface area contributed by atoms with E-state index in [1.165, 1.54) is 0 Å². The summed E-state index contributed by atoms with van der Waals surface area (Å²) < 4.78 is 0. The van der Waals surface area contributed by atoms with Crippen LogP contribution >= 0.6 is 46.4 Å². The first-order valence-corrected chi connectivity index (χ1v) is 7.05. The van der Waals surface area contributed by atoms with Gasteiger partial charge in [-0.3, -0.25) is 0 Å². The summed E-state index contributed by atoms with van der Waals surface area (Å²) in [6, 6.07) is 10.3. The van der Waals surface area contributed by atoms with Crippen molar-refractivity contribution < 1.29 is 5.11 Å². The fraction of sp³-hybridized carbons (Fsp3) is 0.143. The average Bonchev–Trinajstić information content (AvgIpc) is 2.33. The summed E-state index contributed by atoms with van der Waals surface area (Å²) in [5, 5.41) is 12.1. The summed E-state index contributed by atoms with van der Waals surface area (Å²) in [6.07, 6.45) is -0.400. The molecule has 0 aliphatic rings. The highest BCUT2D eigenvalue weighted by Crippen LogP contribution is 2.30. The smallest absolute Gasteiger partial charge is 0.0831 e. The van der Waals surface area contributed by atoms with Gasteiger partial charge >= 0.3 is 0 Å². The molecule has 0 amide bonds. The lowest BCUT2D eigenvalue weighted by molar-refractivity contribution is 0.178. The molecule has 0 aliphatic carbocycles. The van der Waals surface area contributed by atoms with Crippen LogP contribution in [0.4, 0.5) is 0 Å². The van der Waals surface area contributed by atoms with Gasteiger partial charge in [0.15, 0.2) is 0 Å². The van der Waals surface area contributed by atoms with Gasteiger partial charge in [-0.15, -0.1) is 0 Å². The van der Waals surface area contributed by atoms with Crippen LogP contribution in [0.25, 0.3) is 0 Å². The van der Waals surface area contributed by atoms with Gasteiger partial charge in [0.2, 0.25) is 0 Å². The lowest BCUT2D eigenvalue weighted by Crippen LogP contribution is -2.02. The lowest BCUT2D eigenvalue weighted by atomic mass is 10.0. The van der Waals surface area contributed by atoms with Crippen molar-refractivity contribution in [2.75, 3.05) is 0 Å². The molecule has 2 aromatic rings. The van der Waals surface area contributed by atoms with E-state index in [4.69, 9.17) is 46.4 Å². The van der Waals surface area contributed by atoms with Crippen molar-refractivity contribution in [3.63, 3.8) is 0 Å². The van der Waals surface area contributed by atoms with Gasteiger partial charge in [0.05, 0.1) is 16.1 Å². The van der Waals surface area contributed by atoms with E-state index in [1.54, 1.807) is 30.3 Å². The number of hydrogen-bond donors (Lipinski definition) is 1. The van der Waals surface area contributed by atoms with E-state index in [-0.39, 0.29) is 0 Å². The molecule has 0 radical (unpaired) electrons. The Labute approximate surface area is 131 Å². The Bertz CT molecular complexity index is 578. The van der Waals surface area contributed by atoms with Crippen LogP contribution in [0.5, 0.6) is 0 Å². The summed E-state index contributed by atoms with van der Waals surface area (Å²) >= 11 is 23.9. The zero-order valence-electron chi connectivity index (χ0n) is 9.71. The second kappa shape index (κ2) is 6.34. The van der Waals surface area contributed by atoms with E-state index in [9.17, 15) is 5.11 Å². The quantitative estimate of drug-likeness (QED) is 0.776. The minimum atomic E-state index is -0.743. The Morgan fingerprint density at radius 1 is 0.947 bits per heavy atom. The van der Waals surface area contributed by atoms with Gasteiger partial charge in [0.25, 0.3) is 0 Å². The van der Waals surface area contributed by atoms with Gasteiger partial charge < -0.3 is 5.11 Å². The SMILES string of the molecule is OC(Cc1cccc(Cl)c1Cl)c1cc(Cl)cc(Cl)c1. The molecule has 0 heterocycles. The number of aliphatic hydroxyl groups excluding tert-OH is 1. The van der Waals surface area contributed by atoms with Crippen LogP contribution < -0.4 is 0 Å². The maximum atomic E-state index is 10.2. The van der Waals surface area contributed by atoms with Crippen molar-refractivity contribution in [1.82, 2.24) is 0 Å². The van der Waals surface area contributed by atoms with Crippen LogP contribution in [0.15, 0.2) is 36.4 Å². The van der Waals surface area contributed by atoms with Gasteiger partial charge in [0.1, 0.15) is 0 Å². The molecule has 19 heavy (non-hydrogen) atoms. The maximum absolute atomic E-state index is 10.2. The van der Waals surface area contributed by atoms with Gasteiger partial charge in [-0.05, 0) is 35.4 Å². The molecule has 100 valence electrons. The Morgan fingerprint density at radius 2 is 1.58 bits per heavy atom. The number of aliphatic hydroxyl groups is 1. The van der Waals surface area contributed by atoms with E-state index in [0.717, 1.165) is 5.56 Å². The van der Waals surface area contributed by atoms with Crippen molar-refractivity contribution in [2.45, 2.75) is 12.5 Å². The third-order valence-electron chi connectivity index (χ3n) is 2.71. The summed E-state index contributed by atoms with van der Waals surface area (Å²) in [6.45, 7) is 0. The molecule has 0 bridgehead atoms. The van der Waals surface area contributed by atoms with E-state index >= 15 is 0 Å². The van der Waals surface area contributed by atoms with Crippen molar-refractivity contribution in [3.8, 4) is 0 Å². The Kier molecular flexibility index (Phi) is 4.99. The molecule has 1 atom stereocenters. The third-order valence-corrected chi connectivity index (χ3v) is 4.01. The third kappa shape index (κ3) is 3.77. The Balaban J connectivity index is 2.25. The molecule has 5 heteroatoms. The molecule has 0 saturated carbocycles. The second-order valence-electron chi connectivity index (χ2n) is 4.14. The highest BCUT2D eigenvalue weighted by atomic mass is 35.5. The fourth-order valence-electron chi connectivity index (χ4n) is 1.80. The zero-order chi connectivity index (χ0) is 14.0. The van der Waals surface area contributed by atoms with Gasteiger partial charge in [-0.2, -0.15) is 0 Å². The van der Waals surface area contributed by atoms with E-state index in [1.807, 2.05) is 6.07 Å². The normalized spacial score (nSPS) is 12.5. The largest absolute Gasteiger partial charge is 0.388 e. The maximum Gasteiger partial charge on any atom is 0.0831 e. The number of benzene rings is 2. The first-order chi connectivity index (χ1) is 8.97. The Morgan fingerprint density at radius 3 is 2.21 bits per heavy atom. The summed E-state index contributed by atoms with van der Waals surface area (Å²) in [7, 11) is 0. The molecule has 0 aromatic heterocycles. The van der Waals surface area contributed by atoms with Crippen molar-refractivity contribution in [2.24, 2.45) is 0 Å². The number of rotatable bonds is 3. The van der Waals surface area contributed by atoms with Crippen LogP contribution in [0.3, 0.4) is 0 Å². The molecule has 1 unspecified atom stereocenters. The Hall–Kier alpha value is -0.440. The van der Waals surface area contributed by atoms with Gasteiger partial charge in [-0.25, -0.2) is 0 Å². The minimum Gasteiger partial charge on any atom is -0.388 e. The molecular formula is C14H10Cl4O.